The number of nitrogens with two attached hydrogens (primary N) is 1. The van der Waals surface area contributed by atoms with Crippen molar-refractivity contribution in [3.8, 4) is 0 Å². The van der Waals surface area contributed by atoms with Gasteiger partial charge in [0.1, 0.15) is 11.6 Å². The molecule has 0 aromatic heterocycles. The Morgan fingerprint density at radius 2 is 1.66 bits per heavy atom. The Morgan fingerprint density at radius 1 is 0.947 bits per heavy atom. The van der Waals surface area contributed by atoms with Crippen LogP contribution in [0.4, 0.5) is 0 Å². The van der Waals surface area contributed by atoms with Crippen molar-refractivity contribution in [2.24, 2.45) is 5.73 Å². The molecule has 38 heavy (non-hydrogen) atoms. The van der Waals surface area contributed by atoms with E-state index in [9.17, 15) is 19.2 Å². The molecule has 1 aliphatic rings. The van der Waals surface area contributed by atoms with E-state index in [-0.39, 0.29) is 12.3 Å². The highest BCUT2D eigenvalue weighted by Gasteiger charge is 2.43. The first-order valence-electron chi connectivity index (χ1n) is 13.6. The summed E-state index contributed by atoms with van der Waals surface area (Å²) in [5.74, 6) is -1.86. The number of nitrogens with one attached hydrogen (secondary N) is 4. The third-order valence-electron chi connectivity index (χ3n) is 7.41. The molecule has 2 aromatic carbocycles. The average Bonchev–Trinajstić information content (AvgIpc) is 2.91. The number of carbonyl (C=O) groups is 4. The molecule has 0 unspecified atom stereocenters. The van der Waals surface area contributed by atoms with Crippen molar-refractivity contribution in [3.63, 3.8) is 0 Å². The van der Waals surface area contributed by atoms with Crippen LogP contribution in [0.25, 0.3) is 10.8 Å². The van der Waals surface area contributed by atoms with Gasteiger partial charge in [-0.05, 0) is 55.5 Å². The number of likely N-dealkylation sites (N-methyl/N-ethyl adjacent to an activating group) is 1. The summed E-state index contributed by atoms with van der Waals surface area (Å²) in [6.07, 6.45) is 5.20. The van der Waals surface area contributed by atoms with E-state index in [0.717, 1.165) is 25.7 Å². The Bertz CT molecular complexity index is 1120. The number of benzene rings is 2. The molecule has 3 rings (SSSR count). The highest BCUT2D eigenvalue weighted by molar-refractivity contribution is 5.97. The summed E-state index contributed by atoms with van der Waals surface area (Å²) < 4.78 is 0. The number of hydrogen-bond acceptors (Lipinski definition) is 5. The van der Waals surface area contributed by atoms with Crippen LogP contribution in [0.5, 0.6) is 0 Å². The Hall–Kier alpha value is -3.46. The highest BCUT2D eigenvalue weighted by atomic mass is 16.2. The largest absolute Gasteiger partial charge is 0.370 e. The highest BCUT2D eigenvalue weighted by Crippen LogP contribution is 2.29. The fourth-order valence-corrected chi connectivity index (χ4v) is 5.24. The second-order valence-corrected chi connectivity index (χ2v) is 10.1. The van der Waals surface area contributed by atoms with Crippen LogP contribution in [0.15, 0.2) is 42.5 Å². The molecule has 0 heterocycles. The number of aryl methyl sites for hydroxylation is 1. The molecular weight excluding hydrogens is 482 g/mol. The molecule has 6 N–H and O–H groups in total. The van der Waals surface area contributed by atoms with Gasteiger partial charge in [-0.1, -0.05) is 68.7 Å². The molecule has 4 amide bonds. The summed E-state index contributed by atoms with van der Waals surface area (Å²) in [6.45, 7) is 2.28. The maximum Gasteiger partial charge on any atom is 0.246 e. The molecule has 206 valence electrons. The minimum atomic E-state index is -1.12. The van der Waals surface area contributed by atoms with Crippen LogP contribution < -0.4 is 27.0 Å². The Labute approximate surface area is 224 Å². The molecule has 0 aliphatic heterocycles. The zero-order valence-electron chi connectivity index (χ0n) is 22.5. The van der Waals surface area contributed by atoms with E-state index in [2.05, 4.69) is 45.5 Å². The summed E-state index contributed by atoms with van der Waals surface area (Å²) in [6, 6.07) is 12.8. The number of rotatable bonds is 13. The third-order valence-corrected chi connectivity index (χ3v) is 7.41. The van der Waals surface area contributed by atoms with Crippen LogP contribution in [0.2, 0.25) is 0 Å². The second kappa shape index (κ2) is 13.9. The van der Waals surface area contributed by atoms with Crippen molar-refractivity contribution >= 4 is 34.4 Å². The molecule has 0 saturated heterocycles. The van der Waals surface area contributed by atoms with Gasteiger partial charge in [-0.15, -0.1) is 0 Å². The maximum atomic E-state index is 13.5. The minimum absolute atomic E-state index is 0.253. The van der Waals surface area contributed by atoms with E-state index < -0.39 is 35.3 Å². The van der Waals surface area contributed by atoms with E-state index in [1.807, 2.05) is 25.1 Å². The van der Waals surface area contributed by atoms with Crippen LogP contribution in [-0.4, -0.2) is 54.8 Å². The monoisotopic (exact) mass is 523 g/mol. The van der Waals surface area contributed by atoms with Crippen molar-refractivity contribution < 1.29 is 19.2 Å². The number of hydrogen-bond donors (Lipinski definition) is 5. The van der Waals surface area contributed by atoms with Crippen molar-refractivity contribution in [1.82, 2.24) is 21.3 Å². The lowest BCUT2D eigenvalue weighted by Crippen LogP contribution is -2.64. The Morgan fingerprint density at radius 3 is 2.34 bits per heavy atom. The first-order valence-corrected chi connectivity index (χ1v) is 13.6. The van der Waals surface area contributed by atoms with Gasteiger partial charge in [0.25, 0.3) is 0 Å². The van der Waals surface area contributed by atoms with Gasteiger partial charge in [-0.25, -0.2) is 0 Å². The van der Waals surface area contributed by atoms with Gasteiger partial charge in [0.2, 0.25) is 23.6 Å². The SMILES string of the molecule is CC[C@H](NC)C(=O)NC1(C(=O)N[C@@H](CC(N)=O)C(=O)NCCCc2cccc3ccccc23)CCCCC1. The number of fused-ring (bicyclic) bond motifs is 1. The van der Waals surface area contributed by atoms with Crippen molar-refractivity contribution in [3.05, 3.63) is 48.0 Å². The van der Waals surface area contributed by atoms with Crippen LogP contribution in [0.1, 0.15) is 63.9 Å². The molecule has 1 fully saturated rings. The molecule has 1 aliphatic carbocycles. The lowest BCUT2D eigenvalue weighted by molar-refractivity contribution is -0.138. The molecule has 9 nitrogen and oxygen atoms in total. The quantitative estimate of drug-likeness (QED) is 0.256. The lowest BCUT2D eigenvalue weighted by atomic mass is 9.80. The third kappa shape index (κ3) is 7.54. The topological polar surface area (TPSA) is 142 Å². The predicted octanol–water partition coefficient (Wildman–Crippen LogP) is 2.07. The van der Waals surface area contributed by atoms with Gasteiger partial charge in [-0.2, -0.15) is 0 Å². The molecule has 0 spiro atoms. The van der Waals surface area contributed by atoms with Gasteiger partial charge in [0, 0.05) is 6.54 Å². The molecule has 0 bridgehead atoms. The Kier molecular flexibility index (Phi) is 10.6. The van der Waals surface area contributed by atoms with E-state index in [1.165, 1.54) is 16.3 Å². The Balaban J connectivity index is 1.63. The normalized spacial score (nSPS) is 16.3. The lowest BCUT2D eigenvalue weighted by Gasteiger charge is -2.38. The molecule has 2 atom stereocenters. The van der Waals surface area contributed by atoms with Crippen LogP contribution in [0, 0.1) is 0 Å². The smallest absolute Gasteiger partial charge is 0.246 e. The zero-order chi connectivity index (χ0) is 27.5. The summed E-state index contributed by atoms with van der Waals surface area (Å²) in [4.78, 5) is 51.1. The van der Waals surface area contributed by atoms with Crippen LogP contribution >= 0.6 is 0 Å². The van der Waals surface area contributed by atoms with E-state index >= 15 is 0 Å². The standard InChI is InChI=1S/C29H41N5O4/c1-3-23(31-2)27(37)34-29(16-7-4-8-17-29)28(38)33-24(19-25(30)35)26(36)32-18-10-14-21-13-9-12-20-11-5-6-15-22(20)21/h5-6,9,11-13,15,23-24,31H,3-4,7-8,10,14,16-19H2,1-2H3,(H2,30,35)(H,32,36)(H,33,38)(H,34,37)/t23-,24-/m0/s1. The fourth-order valence-electron chi connectivity index (χ4n) is 5.24. The summed E-state index contributed by atoms with van der Waals surface area (Å²) in [5, 5.41) is 13.9. The minimum Gasteiger partial charge on any atom is -0.370 e. The summed E-state index contributed by atoms with van der Waals surface area (Å²) in [7, 11) is 1.70. The van der Waals surface area contributed by atoms with Crippen molar-refractivity contribution in [1.29, 1.82) is 0 Å². The number of primary amides is 1. The van der Waals surface area contributed by atoms with Crippen LogP contribution in [0.3, 0.4) is 0 Å². The van der Waals surface area contributed by atoms with Crippen LogP contribution in [-0.2, 0) is 25.6 Å². The van der Waals surface area contributed by atoms with E-state index in [0.29, 0.717) is 32.2 Å². The van der Waals surface area contributed by atoms with Crippen molar-refractivity contribution in [2.45, 2.75) is 82.3 Å². The summed E-state index contributed by atoms with van der Waals surface area (Å²) >= 11 is 0. The summed E-state index contributed by atoms with van der Waals surface area (Å²) in [5.41, 5.74) is 5.48. The predicted molar refractivity (Wildman–Crippen MR) is 148 cm³/mol. The van der Waals surface area contributed by atoms with E-state index in [4.69, 9.17) is 5.73 Å². The van der Waals surface area contributed by atoms with Gasteiger partial charge in [0.15, 0.2) is 0 Å². The number of amides is 4. The zero-order valence-corrected chi connectivity index (χ0v) is 22.5. The van der Waals surface area contributed by atoms with Gasteiger partial charge in [-0.3, -0.25) is 19.2 Å². The maximum absolute atomic E-state index is 13.5. The molecule has 2 aromatic rings. The molecule has 0 radical (unpaired) electrons. The van der Waals surface area contributed by atoms with Gasteiger partial charge < -0.3 is 27.0 Å². The molecule has 9 heteroatoms. The molecule has 1 saturated carbocycles. The number of carbonyl (C=O) groups excluding carboxylic acids is 4. The first-order chi connectivity index (χ1) is 18.3. The van der Waals surface area contributed by atoms with E-state index in [1.54, 1.807) is 7.05 Å². The molecular formula is C29H41N5O4. The fraction of sp³-hybridized carbons (Fsp3) is 0.517. The average molecular weight is 524 g/mol. The van der Waals surface area contributed by atoms with Crippen molar-refractivity contribution in [2.75, 3.05) is 13.6 Å². The van der Waals surface area contributed by atoms with Gasteiger partial charge in [0.05, 0.1) is 12.5 Å². The second-order valence-electron chi connectivity index (χ2n) is 10.1. The van der Waals surface area contributed by atoms with Gasteiger partial charge >= 0.3 is 0 Å². The first kappa shape index (κ1) is 29.1.